The van der Waals surface area contributed by atoms with Crippen LogP contribution in [-0.2, 0) is 0 Å². The van der Waals surface area contributed by atoms with E-state index in [1.165, 1.54) is 4.90 Å². The van der Waals surface area contributed by atoms with Gasteiger partial charge in [0.1, 0.15) is 11.6 Å². The number of pyridine rings is 1. The van der Waals surface area contributed by atoms with Gasteiger partial charge in [-0.3, -0.25) is 4.98 Å². The summed E-state index contributed by atoms with van der Waals surface area (Å²) in [7, 11) is 3.16. The number of nitrogens with zero attached hydrogens (tertiary/aromatic N) is 2. The number of thioether (sulfide) groups is 1. The molecule has 0 aliphatic rings. The molecular weight excluding hydrogens is 334 g/mol. The lowest BCUT2D eigenvalue weighted by Gasteiger charge is -2.15. The van der Waals surface area contributed by atoms with E-state index < -0.39 is 0 Å². The summed E-state index contributed by atoms with van der Waals surface area (Å²) in [5.41, 5.74) is 2.71. The first kappa shape index (κ1) is 16.9. The Labute approximate surface area is 150 Å². The van der Waals surface area contributed by atoms with E-state index in [0.29, 0.717) is 28.3 Å². The summed E-state index contributed by atoms with van der Waals surface area (Å²) in [5, 5.41) is 13.6. The third-order valence-electron chi connectivity index (χ3n) is 3.86. The summed E-state index contributed by atoms with van der Waals surface area (Å²) in [5.74, 6) is 1.15. The molecule has 0 aliphatic heterocycles. The minimum absolute atomic E-state index is 0.466. The van der Waals surface area contributed by atoms with Gasteiger partial charge in [0.25, 0.3) is 0 Å². The molecule has 0 aliphatic carbocycles. The van der Waals surface area contributed by atoms with Gasteiger partial charge in [0.15, 0.2) is 11.5 Å². The molecular formula is C19H17N3O2S. The van der Waals surface area contributed by atoms with Gasteiger partial charge in [-0.25, -0.2) is 0 Å². The Bertz CT molecular complexity index is 950. The van der Waals surface area contributed by atoms with Crippen LogP contribution in [0.25, 0.3) is 10.9 Å². The number of fused-ring (bicyclic) bond motifs is 1. The number of nitrogens with one attached hydrogen (secondary N) is 1. The molecule has 0 atom stereocenters. The monoisotopic (exact) mass is 351 g/mol. The van der Waals surface area contributed by atoms with E-state index in [1.54, 1.807) is 32.2 Å². The average molecular weight is 351 g/mol. The molecule has 0 saturated carbocycles. The Morgan fingerprint density at radius 1 is 1.08 bits per heavy atom. The normalized spacial score (nSPS) is 10.3. The van der Waals surface area contributed by atoms with Crippen molar-refractivity contribution < 1.29 is 9.47 Å². The topological polar surface area (TPSA) is 67.2 Å². The van der Waals surface area contributed by atoms with Gasteiger partial charge in [-0.1, -0.05) is 0 Å². The van der Waals surface area contributed by atoms with Crippen molar-refractivity contribution in [3.8, 4) is 17.6 Å². The first-order valence-corrected chi connectivity index (χ1v) is 8.79. The molecule has 0 bridgehead atoms. The highest BCUT2D eigenvalue weighted by atomic mass is 32.2. The minimum atomic E-state index is 0.466. The molecule has 3 aromatic rings. The fourth-order valence-electron chi connectivity index (χ4n) is 2.62. The Hall–Kier alpha value is -2.91. The molecule has 25 heavy (non-hydrogen) atoms. The lowest BCUT2D eigenvalue weighted by atomic mass is 10.1. The Morgan fingerprint density at radius 3 is 2.44 bits per heavy atom. The quantitative estimate of drug-likeness (QED) is 0.678. The van der Waals surface area contributed by atoms with Crippen LogP contribution in [0.15, 0.2) is 47.5 Å². The molecule has 1 N–H and O–H groups in total. The third-order valence-corrected chi connectivity index (χ3v) is 4.60. The van der Waals surface area contributed by atoms with E-state index >= 15 is 0 Å². The largest absolute Gasteiger partial charge is 0.493 e. The number of aromatic nitrogens is 1. The van der Waals surface area contributed by atoms with Crippen LogP contribution >= 0.6 is 11.8 Å². The van der Waals surface area contributed by atoms with Crippen LogP contribution in [-0.4, -0.2) is 25.5 Å². The van der Waals surface area contributed by atoms with Crippen LogP contribution in [0.4, 0.5) is 11.4 Å². The summed E-state index contributed by atoms with van der Waals surface area (Å²) in [6.07, 6.45) is 3.58. The lowest BCUT2D eigenvalue weighted by Crippen LogP contribution is -1.99. The van der Waals surface area contributed by atoms with E-state index in [2.05, 4.69) is 16.4 Å². The van der Waals surface area contributed by atoms with E-state index in [0.717, 1.165) is 11.1 Å². The number of anilines is 2. The number of ether oxygens (including phenoxy) is 2. The van der Waals surface area contributed by atoms with Crippen LogP contribution in [0.2, 0.25) is 0 Å². The molecule has 126 valence electrons. The first-order valence-electron chi connectivity index (χ1n) is 7.56. The molecule has 0 spiro atoms. The van der Waals surface area contributed by atoms with Gasteiger partial charge < -0.3 is 14.8 Å². The standard InChI is InChI=1S/C19H17N3O2S/c1-23-16-9-8-15-17(22-13-4-6-14(25-3)7-5-13)12(10-20)11-21-18(15)19(16)24-2/h4-9,11H,1-3H3,(H,21,22). The molecule has 5 nitrogen and oxygen atoms in total. The fraction of sp³-hybridized carbons (Fsp3) is 0.158. The lowest BCUT2D eigenvalue weighted by molar-refractivity contribution is 0.358. The zero-order valence-corrected chi connectivity index (χ0v) is 15.0. The van der Waals surface area contributed by atoms with E-state index in [9.17, 15) is 5.26 Å². The molecule has 2 aromatic carbocycles. The first-order chi connectivity index (χ1) is 12.2. The predicted molar refractivity (Wildman–Crippen MR) is 101 cm³/mol. The van der Waals surface area contributed by atoms with Gasteiger partial charge in [-0.15, -0.1) is 11.8 Å². The van der Waals surface area contributed by atoms with Gasteiger partial charge in [-0.05, 0) is 42.7 Å². The molecule has 0 fully saturated rings. The van der Waals surface area contributed by atoms with Crippen LogP contribution in [0.5, 0.6) is 11.5 Å². The summed E-state index contributed by atoms with van der Waals surface area (Å²) in [4.78, 5) is 5.57. The van der Waals surface area contributed by atoms with Crippen molar-refractivity contribution in [1.29, 1.82) is 5.26 Å². The zero-order chi connectivity index (χ0) is 17.8. The summed E-state index contributed by atoms with van der Waals surface area (Å²) >= 11 is 1.68. The molecule has 0 radical (unpaired) electrons. The SMILES string of the molecule is COc1ccc2c(Nc3ccc(SC)cc3)c(C#N)cnc2c1OC. The summed E-state index contributed by atoms with van der Waals surface area (Å²) in [6.45, 7) is 0. The van der Waals surface area contributed by atoms with Crippen molar-refractivity contribution in [2.45, 2.75) is 4.90 Å². The van der Waals surface area contributed by atoms with Gasteiger partial charge in [0.05, 0.1) is 25.5 Å². The van der Waals surface area contributed by atoms with Crippen molar-refractivity contribution in [2.24, 2.45) is 0 Å². The van der Waals surface area contributed by atoms with Gasteiger partial charge in [-0.2, -0.15) is 5.26 Å². The van der Waals surface area contributed by atoms with Gasteiger partial charge in [0, 0.05) is 22.2 Å². The smallest absolute Gasteiger partial charge is 0.187 e. The van der Waals surface area contributed by atoms with Crippen molar-refractivity contribution in [1.82, 2.24) is 4.98 Å². The molecule has 6 heteroatoms. The molecule has 1 heterocycles. The molecule has 0 unspecified atom stereocenters. The Balaban J connectivity index is 2.16. The van der Waals surface area contributed by atoms with Crippen LogP contribution in [0, 0.1) is 11.3 Å². The van der Waals surface area contributed by atoms with Crippen LogP contribution in [0.1, 0.15) is 5.56 Å². The molecule has 1 aromatic heterocycles. The number of hydrogen-bond acceptors (Lipinski definition) is 6. The van der Waals surface area contributed by atoms with Crippen molar-refractivity contribution >= 4 is 34.0 Å². The third kappa shape index (κ3) is 3.19. The highest BCUT2D eigenvalue weighted by Crippen LogP contribution is 2.39. The summed E-state index contributed by atoms with van der Waals surface area (Å²) in [6, 6.07) is 13.9. The molecule has 0 saturated heterocycles. The number of hydrogen-bond donors (Lipinski definition) is 1. The second kappa shape index (κ2) is 7.32. The highest BCUT2D eigenvalue weighted by molar-refractivity contribution is 7.98. The predicted octanol–water partition coefficient (Wildman–Crippen LogP) is 4.59. The van der Waals surface area contributed by atoms with Gasteiger partial charge in [0.2, 0.25) is 0 Å². The number of benzene rings is 2. The number of rotatable bonds is 5. The summed E-state index contributed by atoms with van der Waals surface area (Å²) < 4.78 is 10.8. The van der Waals surface area contributed by atoms with E-state index in [-0.39, 0.29) is 0 Å². The van der Waals surface area contributed by atoms with Crippen molar-refractivity contribution in [3.63, 3.8) is 0 Å². The van der Waals surface area contributed by atoms with E-state index in [1.807, 2.05) is 42.7 Å². The van der Waals surface area contributed by atoms with Crippen LogP contribution in [0.3, 0.4) is 0 Å². The van der Waals surface area contributed by atoms with Crippen LogP contribution < -0.4 is 14.8 Å². The molecule has 3 rings (SSSR count). The Kier molecular flexibility index (Phi) is 4.96. The highest BCUT2D eigenvalue weighted by Gasteiger charge is 2.16. The van der Waals surface area contributed by atoms with Crippen molar-refractivity contribution in [2.75, 3.05) is 25.8 Å². The number of methoxy groups -OCH3 is 2. The van der Waals surface area contributed by atoms with E-state index in [4.69, 9.17) is 9.47 Å². The minimum Gasteiger partial charge on any atom is -0.493 e. The van der Waals surface area contributed by atoms with Crippen molar-refractivity contribution in [3.05, 3.63) is 48.2 Å². The second-order valence-electron chi connectivity index (χ2n) is 5.21. The fourth-order valence-corrected chi connectivity index (χ4v) is 3.03. The average Bonchev–Trinajstić information content (AvgIpc) is 2.67. The molecule has 0 amide bonds. The number of nitriles is 1. The Morgan fingerprint density at radius 2 is 1.84 bits per heavy atom. The second-order valence-corrected chi connectivity index (χ2v) is 6.09. The maximum atomic E-state index is 9.48. The maximum absolute atomic E-state index is 9.48. The van der Waals surface area contributed by atoms with Gasteiger partial charge >= 0.3 is 0 Å². The zero-order valence-electron chi connectivity index (χ0n) is 14.2. The maximum Gasteiger partial charge on any atom is 0.187 e.